The summed E-state index contributed by atoms with van der Waals surface area (Å²) in [6.45, 7) is 5.15. The van der Waals surface area contributed by atoms with Crippen molar-refractivity contribution in [3.8, 4) is 0 Å². The third-order valence-electron chi connectivity index (χ3n) is 4.03. The van der Waals surface area contributed by atoms with Gasteiger partial charge in [0, 0.05) is 25.2 Å². The minimum atomic E-state index is -3.44. The van der Waals surface area contributed by atoms with Crippen LogP contribution in [-0.4, -0.2) is 37.9 Å². The number of sulfonamides is 1. The molecule has 0 bridgehead atoms. The highest BCUT2D eigenvalue weighted by Gasteiger charge is 2.33. The normalized spacial score (nSPS) is 23.2. The first-order valence-electron chi connectivity index (χ1n) is 7.22. The Balaban J connectivity index is 0.00000176. The van der Waals surface area contributed by atoms with Crippen LogP contribution in [-0.2, 0) is 10.0 Å². The Morgan fingerprint density at radius 2 is 1.77 bits per heavy atom. The highest BCUT2D eigenvalue weighted by atomic mass is 35.5. The van der Waals surface area contributed by atoms with Crippen LogP contribution in [0.3, 0.4) is 0 Å². The molecule has 2 aromatic rings. The van der Waals surface area contributed by atoms with Crippen LogP contribution in [0.2, 0.25) is 0 Å². The van der Waals surface area contributed by atoms with Crippen molar-refractivity contribution < 1.29 is 8.42 Å². The van der Waals surface area contributed by atoms with Gasteiger partial charge in [-0.25, -0.2) is 8.42 Å². The molecule has 1 fully saturated rings. The Morgan fingerprint density at radius 1 is 1.09 bits per heavy atom. The highest BCUT2D eigenvalue weighted by Crippen LogP contribution is 2.24. The zero-order chi connectivity index (χ0) is 15.0. The summed E-state index contributed by atoms with van der Waals surface area (Å²) < 4.78 is 27.4. The average Bonchev–Trinajstić information content (AvgIpc) is 2.49. The summed E-state index contributed by atoms with van der Waals surface area (Å²) in [5.41, 5.74) is 0. The van der Waals surface area contributed by atoms with Crippen LogP contribution in [0.4, 0.5) is 0 Å². The summed E-state index contributed by atoms with van der Waals surface area (Å²) >= 11 is 0. The lowest BCUT2D eigenvalue weighted by atomic mass is 10.1. The fourth-order valence-corrected chi connectivity index (χ4v) is 4.54. The van der Waals surface area contributed by atoms with E-state index >= 15 is 0 Å². The second kappa shape index (κ2) is 6.54. The molecule has 0 radical (unpaired) electrons. The summed E-state index contributed by atoms with van der Waals surface area (Å²) in [6.07, 6.45) is 0. The predicted octanol–water partition coefficient (Wildman–Crippen LogP) is 2.63. The van der Waals surface area contributed by atoms with Crippen molar-refractivity contribution in [3.63, 3.8) is 0 Å². The molecule has 1 aliphatic heterocycles. The fraction of sp³-hybridized carbons (Fsp3) is 0.375. The molecular formula is C16H21ClN2O2S. The van der Waals surface area contributed by atoms with Crippen LogP contribution >= 0.6 is 12.4 Å². The SMILES string of the molecule is CC1CN(S(=O)(=O)c2ccc3ccccc3c2)C(C)CN1.Cl. The van der Waals surface area contributed by atoms with Gasteiger partial charge in [-0.2, -0.15) is 4.31 Å². The van der Waals surface area contributed by atoms with E-state index in [0.717, 1.165) is 10.8 Å². The first kappa shape index (κ1) is 17.2. The van der Waals surface area contributed by atoms with Gasteiger partial charge in [0.15, 0.2) is 0 Å². The number of hydrogen-bond donors (Lipinski definition) is 1. The van der Waals surface area contributed by atoms with Crippen molar-refractivity contribution in [1.82, 2.24) is 9.62 Å². The molecule has 1 heterocycles. The van der Waals surface area contributed by atoms with Crippen LogP contribution in [0.1, 0.15) is 13.8 Å². The minimum Gasteiger partial charge on any atom is -0.311 e. The molecule has 1 aliphatic rings. The molecule has 0 aromatic heterocycles. The predicted molar refractivity (Wildman–Crippen MR) is 92.0 cm³/mol. The molecule has 2 atom stereocenters. The molecule has 1 N–H and O–H groups in total. The molecule has 22 heavy (non-hydrogen) atoms. The molecule has 0 amide bonds. The van der Waals surface area contributed by atoms with E-state index in [1.807, 2.05) is 44.2 Å². The molecule has 6 heteroatoms. The third kappa shape index (κ3) is 3.13. The number of halogens is 1. The Morgan fingerprint density at radius 3 is 2.50 bits per heavy atom. The van der Waals surface area contributed by atoms with Gasteiger partial charge in [0.2, 0.25) is 10.0 Å². The maximum Gasteiger partial charge on any atom is 0.243 e. The van der Waals surface area contributed by atoms with Crippen molar-refractivity contribution >= 4 is 33.2 Å². The zero-order valence-corrected chi connectivity index (χ0v) is 14.3. The maximum atomic E-state index is 12.9. The van der Waals surface area contributed by atoms with Gasteiger partial charge in [0.05, 0.1) is 4.90 Å². The standard InChI is InChI=1S/C16H20N2O2S.ClH/c1-12-11-18(13(2)10-17-12)21(19,20)16-8-7-14-5-3-4-6-15(14)9-16;/h3-9,12-13,17H,10-11H2,1-2H3;1H. The quantitative estimate of drug-likeness (QED) is 0.914. The van der Waals surface area contributed by atoms with E-state index < -0.39 is 10.0 Å². The first-order valence-corrected chi connectivity index (χ1v) is 8.66. The lowest BCUT2D eigenvalue weighted by Crippen LogP contribution is -2.56. The Kier molecular flexibility index (Phi) is 5.12. The van der Waals surface area contributed by atoms with E-state index in [9.17, 15) is 8.42 Å². The molecule has 120 valence electrons. The molecule has 0 saturated carbocycles. The molecule has 1 saturated heterocycles. The van der Waals surface area contributed by atoms with Gasteiger partial charge in [-0.3, -0.25) is 0 Å². The van der Waals surface area contributed by atoms with Gasteiger partial charge in [-0.1, -0.05) is 30.3 Å². The topological polar surface area (TPSA) is 49.4 Å². The molecule has 3 rings (SSSR count). The van der Waals surface area contributed by atoms with Gasteiger partial charge >= 0.3 is 0 Å². The van der Waals surface area contributed by atoms with E-state index in [1.165, 1.54) is 0 Å². The number of rotatable bonds is 2. The molecule has 2 unspecified atom stereocenters. The average molecular weight is 341 g/mol. The number of nitrogens with one attached hydrogen (secondary N) is 1. The largest absolute Gasteiger partial charge is 0.311 e. The Hall–Kier alpha value is -1.14. The van der Waals surface area contributed by atoms with E-state index in [1.54, 1.807) is 16.4 Å². The third-order valence-corrected chi connectivity index (χ3v) is 6.01. The molecule has 0 aliphatic carbocycles. The van der Waals surface area contributed by atoms with Crippen molar-refractivity contribution in [2.45, 2.75) is 30.8 Å². The molecular weight excluding hydrogens is 320 g/mol. The van der Waals surface area contributed by atoms with Crippen LogP contribution in [0.5, 0.6) is 0 Å². The molecule has 2 aromatic carbocycles. The summed E-state index contributed by atoms with van der Waals surface area (Å²) in [5, 5.41) is 5.32. The van der Waals surface area contributed by atoms with Crippen molar-refractivity contribution in [3.05, 3.63) is 42.5 Å². The second-order valence-corrected chi connectivity index (χ2v) is 7.63. The van der Waals surface area contributed by atoms with Crippen LogP contribution in [0, 0.1) is 0 Å². The van der Waals surface area contributed by atoms with E-state index in [4.69, 9.17) is 0 Å². The van der Waals surface area contributed by atoms with Gasteiger partial charge in [0.25, 0.3) is 0 Å². The minimum absolute atomic E-state index is 0. The van der Waals surface area contributed by atoms with Crippen LogP contribution in [0.15, 0.2) is 47.4 Å². The number of nitrogens with zero attached hydrogens (tertiary/aromatic N) is 1. The first-order chi connectivity index (χ1) is 9.98. The van der Waals surface area contributed by atoms with Crippen LogP contribution in [0.25, 0.3) is 10.8 Å². The van der Waals surface area contributed by atoms with Gasteiger partial charge < -0.3 is 5.32 Å². The van der Waals surface area contributed by atoms with E-state index in [2.05, 4.69) is 5.32 Å². The summed E-state index contributed by atoms with van der Waals surface area (Å²) in [7, 11) is -3.44. The smallest absolute Gasteiger partial charge is 0.243 e. The number of hydrogen-bond acceptors (Lipinski definition) is 3. The number of piperazine rings is 1. The number of benzene rings is 2. The summed E-state index contributed by atoms with van der Waals surface area (Å²) in [4.78, 5) is 0.377. The zero-order valence-electron chi connectivity index (χ0n) is 12.7. The highest BCUT2D eigenvalue weighted by molar-refractivity contribution is 7.89. The lowest BCUT2D eigenvalue weighted by molar-refractivity contribution is 0.244. The molecule has 4 nitrogen and oxygen atoms in total. The maximum absolute atomic E-state index is 12.9. The van der Waals surface area contributed by atoms with Gasteiger partial charge in [0.1, 0.15) is 0 Å². The van der Waals surface area contributed by atoms with Gasteiger partial charge in [-0.05, 0) is 36.8 Å². The van der Waals surface area contributed by atoms with Crippen LogP contribution < -0.4 is 5.32 Å². The summed E-state index contributed by atoms with van der Waals surface area (Å²) in [6, 6.07) is 13.3. The lowest BCUT2D eigenvalue weighted by Gasteiger charge is -2.36. The van der Waals surface area contributed by atoms with Crippen molar-refractivity contribution in [1.29, 1.82) is 0 Å². The van der Waals surface area contributed by atoms with Gasteiger partial charge in [-0.15, -0.1) is 12.4 Å². The second-order valence-electron chi connectivity index (χ2n) is 5.74. The summed E-state index contributed by atoms with van der Waals surface area (Å²) in [5.74, 6) is 0. The Labute approximate surface area is 138 Å². The monoisotopic (exact) mass is 340 g/mol. The number of fused-ring (bicyclic) bond motifs is 1. The van der Waals surface area contributed by atoms with Crippen molar-refractivity contribution in [2.24, 2.45) is 0 Å². The van der Waals surface area contributed by atoms with E-state index in [0.29, 0.717) is 18.0 Å². The molecule has 0 spiro atoms. The van der Waals surface area contributed by atoms with E-state index in [-0.39, 0.29) is 24.5 Å². The van der Waals surface area contributed by atoms with Crippen molar-refractivity contribution in [2.75, 3.05) is 13.1 Å². The Bertz CT molecular complexity index is 764. The fourth-order valence-electron chi connectivity index (χ4n) is 2.79.